The summed E-state index contributed by atoms with van der Waals surface area (Å²) in [6, 6.07) is 5.15. The molecule has 0 spiro atoms. The van der Waals surface area contributed by atoms with E-state index in [1.54, 1.807) is 26.0 Å². The Kier molecular flexibility index (Phi) is 3.75. The van der Waals surface area contributed by atoms with Crippen LogP contribution in [0.3, 0.4) is 0 Å². The third kappa shape index (κ3) is 2.74. The van der Waals surface area contributed by atoms with Gasteiger partial charge in [-0.1, -0.05) is 0 Å². The average molecular weight is 205 g/mol. The molecule has 0 fully saturated rings. The molecular formula is C10H11N3O2. The number of hydrogen-bond acceptors (Lipinski definition) is 5. The highest BCUT2D eigenvalue weighted by Gasteiger charge is 2.23. The standard InChI is InChI=1S/C10H11N3O2/c1-3-15-10(14)8(6-11)9-5-4-7(2)12-13-9/h4-5,8H,3H2,1-2H3. The smallest absolute Gasteiger partial charge is 0.329 e. The van der Waals surface area contributed by atoms with E-state index in [9.17, 15) is 4.79 Å². The van der Waals surface area contributed by atoms with Gasteiger partial charge in [0.05, 0.1) is 24.1 Å². The highest BCUT2D eigenvalue weighted by atomic mass is 16.5. The summed E-state index contributed by atoms with van der Waals surface area (Å²) < 4.78 is 4.75. The predicted octanol–water partition coefficient (Wildman–Crippen LogP) is 0.955. The fourth-order valence-corrected chi connectivity index (χ4v) is 1.03. The fraction of sp³-hybridized carbons (Fsp3) is 0.400. The Morgan fingerprint density at radius 1 is 1.60 bits per heavy atom. The number of ether oxygens (including phenoxy) is 1. The van der Waals surface area contributed by atoms with Gasteiger partial charge in [-0.3, -0.25) is 4.79 Å². The van der Waals surface area contributed by atoms with Crippen LogP contribution in [0.2, 0.25) is 0 Å². The van der Waals surface area contributed by atoms with Gasteiger partial charge < -0.3 is 4.74 Å². The second-order valence-electron chi connectivity index (χ2n) is 2.91. The maximum atomic E-state index is 11.3. The van der Waals surface area contributed by atoms with E-state index in [1.165, 1.54) is 0 Å². The van der Waals surface area contributed by atoms with E-state index >= 15 is 0 Å². The molecule has 0 N–H and O–H groups in total. The van der Waals surface area contributed by atoms with Gasteiger partial charge in [0.25, 0.3) is 0 Å². The molecule has 5 nitrogen and oxygen atoms in total. The van der Waals surface area contributed by atoms with Gasteiger partial charge in [-0.15, -0.1) is 0 Å². The second-order valence-corrected chi connectivity index (χ2v) is 2.91. The lowest BCUT2D eigenvalue weighted by molar-refractivity contribution is -0.143. The number of carbonyl (C=O) groups is 1. The summed E-state index contributed by atoms with van der Waals surface area (Å²) in [7, 11) is 0. The second kappa shape index (κ2) is 5.05. The molecule has 15 heavy (non-hydrogen) atoms. The quantitative estimate of drug-likeness (QED) is 0.687. The maximum absolute atomic E-state index is 11.3. The van der Waals surface area contributed by atoms with Crippen molar-refractivity contribution in [2.24, 2.45) is 0 Å². The van der Waals surface area contributed by atoms with Crippen LogP contribution < -0.4 is 0 Å². The molecule has 0 amide bonds. The van der Waals surface area contributed by atoms with Crippen LogP contribution in [0, 0.1) is 18.3 Å². The zero-order valence-corrected chi connectivity index (χ0v) is 8.60. The van der Waals surface area contributed by atoms with E-state index in [-0.39, 0.29) is 6.61 Å². The molecule has 5 heteroatoms. The molecule has 0 aliphatic carbocycles. The first kappa shape index (κ1) is 11.1. The topological polar surface area (TPSA) is 75.9 Å². The molecule has 0 aliphatic heterocycles. The highest BCUT2D eigenvalue weighted by Crippen LogP contribution is 2.13. The third-order valence-electron chi connectivity index (χ3n) is 1.77. The van der Waals surface area contributed by atoms with E-state index in [4.69, 9.17) is 10.00 Å². The molecule has 1 heterocycles. The summed E-state index contributed by atoms with van der Waals surface area (Å²) in [5.74, 6) is -1.57. The summed E-state index contributed by atoms with van der Waals surface area (Å²) in [5.41, 5.74) is 1.06. The Morgan fingerprint density at radius 3 is 2.80 bits per heavy atom. The molecule has 1 aromatic heterocycles. The lowest BCUT2D eigenvalue weighted by atomic mass is 10.1. The van der Waals surface area contributed by atoms with Crippen molar-refractivity contribution in [3.63, 3.8) is 0 Å². The fourth-order valence-electron chi connectivity index (χ4n) is 1.03. The number of hydrogen-bond donors (Lipinski definition) is 0. The minimum absolute atomic E-state index is 0.246. The predicted molar refractivity (Wildman–Crippen MR) is 51.8 cm³/mol. The SMILES string of the molecule is CCOC(=O)C(C#N)c1ccc(C)nn1. The average Bonchev–Trinajstić information content (AvgIpc) is 2.22. The van der Waals surface area contributed by atoms with Crippen LogP contribution in [0.25, 0.3) is 0 Å². The summed E-state index contributed by atoms with van der Waals surface area (Å²) in [5, 5.41) is 16.4. The Balaban J connectivity index is 2.89. The van der Waals surface area contributed by atoms with Crippen LogP contribution in [0.1, 0.15) is 24.2 Å². The van der Waals surface area contributed by atoms with Gasteiger partial charge in [-0.25, -0.2) is 0 Å². The van der Waals surface area contributed by atoms with Crippen LogP contribution in [0.15, 0.2) is 12.1 Å². The molecule has 0 aliphatic rings. The maximum Gasteiger partial charge on any atom is 0.329 e. The van der Waals surface area contributed by atoms with Gasteiger partial charge in [0, 0.05) is 0 Å². The monoisotopic (exact) mass is 205 g/mol. The van der Waals surface area contributed by atoms with Gasteiger partial charge in [-0.2, -0.15) is 15.5 Å². The van der Waals surface area contributed by atoms with Crippen LogP contribution in [-0.4, -0.2) is 22.8 Å². The molecular weight excluding hydrogens is 194 g/mol. The van der Waals surface area contributed by atoms with Crippen LogP contribution in [0.4, 0.5) is 0 Å². The molecule has 0 saturated carbocycles. The van der Waals surface area contributed by atoms with E-state index < -0.39 is 11.9 Å². The number of aromatic nitrogens is 2. The van der Waals surface area contributed by atoms with Crippen molar-refractivity contribution < 1.29 is 9.53 Å². The lowest BCUT2D eigenvalue weighted by Gasteiger charge is -2.06. The Hall–Kier alpha value is -1.96. The van der Waals surface area contributed by atoms with Crippen molar-refractivity contribution in [1.82, 2.24) is 10.2 Å². The number of esters is 1. The van der Waals surface area contributed by atoms with E-state index in [0.717, 1.165) is 5.69 Å². The summed E-state index contributed by atoms with van der Waals surface area (Å²) >= 11 is 0. The van der Waals surface area contributed by atoms with E-state index in [1.807, 2.05) is 6.07 Å². The number of rotatable bonds is 3. The van der Waals surface area contributed by atoms with E-state index in [2.05, 4.69) is 10.2 Å². The molecule has 0 bridgehead atoms. The highest BCUT2D eigenvalue weighted by molar-refractivity contribution is 5.80. The van der Waals surface area contributed by atoms with Crippen LogP contribution in [-0.2, 0) is 9.53 Å². The molecule has 78 valence electrons. The summed E-state index contributed by atoms with van der Waals surface area (Å²) in [6.07, 6.45) is 0. The van der Waals surface area contributed by atoms with Crippen molar-refractivity contribution in [3.05, 3.63) is 23.5 Å². The van der Waals surface area contributed by atoms with Gasteiger partial charge in [0.2, 0.25) is 0 Å². The Labute approximate surface area is 87.7 Å². The van der Waals surface area contributed by atoms with Gasteiger partial charge in [-0.05, 0) is 26.0 Å². The Morgan fingerprint density at radius 2 is 2.33 bits per heavy atom. The minimum Gasteiger partial charge on any atom is -0.465 e. The van der Waals surface area contributed by atoms with E-state index in [0.29, 0.717) is 5.69 Å². The van der Waals surface area contributed by atoms with Crippen molar-refractivity contribution in [3.8, 4) is 6.07 Å². The first-order valence-electron chi connectivity index (χ1n) is 4.55. The number of carbonyl (C=O) groups excluding carboxylic acids is 1. The molecule has 0 saturated heterocycles. The summed E-state index contributed by atoms with van der Waals surface area (Å²) in [6.45, 7) is 3.71. The first-order chi connectivity index (χ1) is 7.19. The molecule has 1 unspecified atom stereocenters. The normalized spacial score (nSPS) is 11.5. The zero-order chi connectivity index (χ0) is 11.3. The Bertz CT molecular complexity index is 381. The van der Waals surface area contributed by atoms with Crippen molar-refractivity contribution in [2.45, 2.75) is 19.8 Å². The first-order valence-corrected chi connectivity index (χ1v) is 4.55. The minimum atomic E-state index is -0.988. The van der Waals surface area contributed by atoms with Crippen molar-refractivity contribution in [2.75, 3.05) is 6.61 Å². The van der Waals surface area contributed by atoms with Crippen molar-refractivity contribution >= 4 is 5.97 Å². The largest absolute Gasteiger partial charge is 0.465 e. The lowest BCUT2D eigenvalue weighted by Crippen LogP contribution is -2.16. The molecule has 0 radical (unpaired) electrons. The molecule has 0 aromatic carbocycles. The summed E-state index contributed by atoms with van der Waals surface area (Å²) in [4.78, 5) is 11.3. The molecule has 1 rings (SSSR count). The molecule has 1 atom stereocenters. The van der Waals surface area contributed by atoms with Gasteiger partial charge in [0.1, 0.15) is 0 Å². The number of nitrogens with zero attached hydrogens (tertiary/aromatic N) is 3. The number of aryl methyl sites for hydroxylation is 1. The van der Waals surface area contributed by atoms with Crippen molar-refractivity contribution in [1.29, 1.82) is 5.26 Å². The van der Waals surface area contributed by atoms with Gasteiger partial charge >= 0.3 is 5.97 Å². The third-order valence-corrected chi connectivity index (χ3v) is 1.77. The number of nitriles is 1. The van der Waals surface area contributed by atoms with Gasteiger partial charge in [0.15, 0.2) is 5.92 Å². The zero-order valence-electron chi connectivity index (χ0n) is 8.60. The van der Waals surface area contributed by atoms with Crippen LogP contribution >= 0.6 is 0 Å². The van der Waals surface area contributed by atoms with Crippen LogP contribution in [0.5, 0.6) is 0 Å². The molecule has 1 aromatic rings.